The molecule has 29 heavy (non-hydrogen) atoms. The molecule has 1 N–H and O–H groups in total. The average Bonchev–Trinajstić information content (AvgIpc) is 3.28. The lowest BCUT2D eigenvalue weighted by Crippen LogP contribution is -2.36. The Morgan fingerprint density at radius 2 is 1.62 bits per heavy atom. The van der Waals surface area contributed by atoms with Crippen LogP contribution in [-0.2, 0) is 0 Å². The number of hydrogen-bond acceptors (Lipinski definition) is 3. The molecule has 4 heteroatoms. The number of rotatable bonds is 5. The smallest absolute Gasteiger partial charge is 0.139 e. The van der Waals surface area contributed by atoms with Gasteiger partial charge in [-0.2, -0.15) is 0 Å². The van der Waals surface area contributed by atoms with Crippen molar-refractivity contribution >= 4 is 22.8 Å². The number of thiophene rings is 1. The summed E-state index contributed by atoms with van der Waals surface area (Å²) in [4.78, 5) is 6.30. The van der Waals surface area contributed by atoms with Crippen LogP contribution in [0.3, 0.4) is 0 Å². The number of aromatic nitrogens is 2. The summed E-state index contributed by atoms with van der Waals surface area (Å²) in [6.07, 6.45) is 3.14. The van der Waals surface area contributed by atoms with Gasteiger partial charge in [0, 0.05) is 27.7 Å². The van der Waals surface area contributed by atoms with Crippen molar-refractivity contribution in [3.05, 3.63) is 66.2 Å². The van der Waals surface area contributed by atoms with Crippen LogP contribution in [0, 0.1) is 5.41 Å². The Morgan fingerprint density at radius 1 is 0.897 bits per heavy atom. The minimum atomic E-state index is -0.0727. The van der Waals surface area contributed by atoms with Gasteiger partial charge in [-0.05, 0) is 49.3 Å². The summed E-state index contributed by atoms with van der Waals surface area (Å²) in [7, 11) is 0. The predicted octanol–water partition coefficient (Wildman–Crippen LogP) is 7.36. The van der Waals surface area contributed by atoms with Crippen molar-refractivity contribution in [1.82, 2.24) is 9.38 Å². The van der Waals surface area contributed by atoms with Gasteiger partial charge in [-0.3, -0.25) is 4.40 Å². The van der Waals surface area contributed by atoms with Crippen molar-refractivity contribution in [2.75, 3.05) is 5.32 Å². The fraction of sp³-hybridized carbons (Fsp3) is 0.320. The minimum absolute atomic E-state index is 0.0727. The van der Waals surface area contributed by atoms with Crippen LogP contribution in [0.25, 0.3) is 27.3 Å². The molecule has 0 unspecified atom stereocenters. The van der Waals surface area contributed by atoms with Crippen molar-refractivity contribution in [2.45, 2.75) is 46.6 Å². The number of nitrogens with zero attached hydrogens (tertiary/aromatic N) is 2. The third-order valence-electron chi connectivity index (χ3n) is 4.93. The number of imidazole rings is 1. The fourth-order valence-corrected chi connectivity index (χ4v) is 5.10. The van der Waals surface area contributed by atoms with Crippen molar-refractivity contribution < 1.29 is 0 Å². The fourth-order valence-electron chi connectivity index (χ4n) is 4.33. The van der Waals surface area contributed by atoms with Gasteiger partial charge in [0.15, 0.2) is 0 Å². The third kappa shape index (κ3) is 4.23. The van der Waals surface area contributed by atoms with E-state index in [1.165, 1.54) is 10.4 Å². The molecule has 3 aromatic heterocycles. The Kier molecular flexibility index (Phi) is 4.99. The highest BCUT2D eigenvalue weighted by Gasteiger charge is 2.28. The number of nitrogens with one attached hydrogen (secondary N) is 1. The lowest BCUT2D eigenvalue weighted by atomic mass is 9.82. The highest BCUT2D eigenvalue weighted by Crippen LogP contribution is 2.39. The molecule has 4 aromatic rings. The summed E-state index contributed by atoms with van der Waals surface area (Å²) in [6.45, 7) is 11.4. The van der Waals surface area contributed by atoms with Gasteiger partial charge in [0.2, 0.25) is 0 Å². The SMILES string of the molecule is CC(C)(C)CC(C)(C)Nc1c(-c2ccccc2-c2cccs2)nc2ccccn12. The predicted molar refractivity (Wildman–Crippen MR) is 126 cm³/mol. The summed E-state index contributed by atoms with van der Waals surface area (Å²) in [5, 5.41) is 5.97. The van der Waals surface area contributed by atoms with E-state index in [0.717, 1.165) is 29.1 Å². The van der Waals surface area contributed by atoms with Gasteiger partial charge in [-0.15, -0.1) is 11.3 Å². The van der Waals surface area contributed by atoms with Gasteiger partial charge in [0.25, 0.3) is 0 Å². The van der Waals surface area contributed by atoms with Gasteiger partial charge in [-0.25, -0.2) is 4.98 Å². The zero-order chi connectivity index (χ0) is 20.6. The van der Waals surface area contributed by atoms with Crippen molar-refractivity contribution in [1.29, 1.82) is 0 Å². The summed E-state index contributed by atoms with van der Waals surface area (Å²) >= 11 is 1.76. The number of anilines is 1. The second kappa shape index (κ2) is 7.34. The van der Waals surface area contributed by atoms with E-state index in [4.69, 9.17) is 4.98 Å². The van der Waals surface area contributed by atoms with Crippen LogP contribution in [0.5, 0.6) is 0 Å². The number of fused-ring (bicyclic) bond motifs is 1. The van der Waals surface area contributed by atoms with Crippen LogP contribution < -0.4 is 5.32 Å². The molecule has 0 aliphatic rings. The van der Waals surface area contributed by atoms with Crippen LogP contribution in [-0.4, -0.2) is 14.9 Å². The molecule has 0 saturated heterocycles. The van der Waals surface area contributed by atoms with E-state index in [-0.39, 0.29) is 11.0 Å². The second-order valence-corrected chi connectivity index (χ2v) is 10.5. The van der Waals surface area contributed by atoms with E-state index in [2.05, 4.69) is 104 Å². The van der Waals surface area contributed by atoms with Gasteiger partial charge < -0.3 is 5.32 Å². The molecule has 4 rings (SSSR count). The normalized spacial score (nSPS) is 12.4. The monoisotopic (exact) mass is 403 g/mol. The van der Waals surface area contributed by atoms with Crippen molar-refractivity contribution in [3.8, 4) is 21.7 Å². The molecule has 0 spiro atoms. The quantitative estimate of drug-likeness (QED) is 0.377. The van der Waals surface area contributed by atoms with E-state index in [0.29, 0.717) is 0 Å². The summed E-state index contributed by atoms with van der Waals surface area (Å²) in [5.41, 5.74) is 4.50. The summed E-state index contributed by atoms with van der Waals surface area (Å²) in [6, 6.07) is 19.0. The van der Waals surface area contributed by atoms with Crippen LogP contribution in [0.2, 0.25) is 0 Å². The van der Waals surface area contributed by atoms with E-state index in [1.54, 1.807) is 11.3 Å². The van der Waals surface area contributed by atoms with Gasteiger partial charge in [0.05, 0.1) is 0 Å². The maximum absolute atomic E-state index is 5.04. The Hall–Kier alpha value is -2.59. The van der Waals surface area contributed by atoms with E-state index >= 15 is 0 Å². The largest absolute Gasteiger partial charge is 0.364 e. The van der Waals surface area contributed by atoms with Gasteiger partial charge in [-0.1, -0.05) is 57.2 Å². The number of benzene rings is 1. The Balaban J connectivity index is 1.88. The molecule has 0 aliphatic heterocycles. The van der Waals surface area contributed by atoms with Gasteiger partial charge in [0.1, 0.15) is 17.2 Å². The molecule has 150 valence electrons. The lowest BCUT2D eigenvalue weighted by Gasteiger charge is -2.34. The molecule has 0 fully saturated rings. The molecular formula is C25H29N3S. The third-order valence-corrected chi connectivity index (χ3v) is 5.83. The van der Waals surface area contributed by atoms with Crippen LogP contribution >= 0.6 is 11.3 Å². The van der Waals surface area contributed by atoms with E-state index in [1.807, 2.05) is 6.07 Å². The maximum Gasteiger partial charge on any atom is 0.139 e. The molecule has 0 amide bonds. The first-order chi connectivity index (χ1) is 13.7. The molecule has 1 aromatic carbocycles. The zero-order valence-electron chi connectivity index (χ0n) is 17.9. The topological polar surface area (TPSA) is 29.3 Å². The van der Waals surface area contributed by atoms with Crippen molar-refractivity contribution in [3.63, 3.8) is 0 Å². The first kappa shape index (κ1) is 19.7. The molecule has 0 radical (unpaired) electrons. The standard InChI is InChI=1S/C25H29N3S/c1-24(2,3)17-25(4,5)27-23-22(26-21-14-8-9-15-28(21)23)19-12-7-6-11-18(19)20-13-10-16-29-20/h6-16,27H,17H2,1-5H3. The van der Waals surface area contributed by atoms with Crippen LogP contribution in [0.15, 0.2) is 66.2 Å². The van der Waals surface area contributed by atoms with E-state index in [9.17, 15) is 0 Å². The Morgan fingerprint density at radius 3 is 2.31 bits per heavy atom. The number of hydrogen-bond donors (Lipinski definition) is 1. The van der Waals surface area contributed by atoms with E-state index < -0.39 is 0 Å². The molecular weight excluding hydrogens is 374 g/mol. The Labute approximate surface area is 177 Å². The average molecular weight is 404 g/mol. The molecule has 3 heterocycles. The van der Waals surface area contributed by atoms with Crippen molar-refractivity contribution in [2.24, 2.45) is 5.41 Å². The van der Waals surface area contributed by atoms with Gasteiger partial charge >= 0.3 is 0 Å². The Bertz CT molecular complexity index is 1110. The summed E-state index contributed by atoms with van der Waals surface area (Å²) in [5.74, 6) is 1.05. The highest BCUT2D eigenvalue weighted by molar-refractivity contribution is 7.13. The second-order valence-electron chi connectivity index (χ2n) is 9.51. The molecule has 0 bridgehead atoms. The zero-order valence-corrected chi connectivity index (χ0v) is 18.7. The molecule has 0 aliphatic carbocycles. The minimum Gasteiger partial charge on any atom is -0.364 e. The highest BCUT2D eigenvalue weighted by atomic mass is 32.1. The maximum atomic E-state index is 5.04. The molecule has 0 atom stereocenters. The molecule has 3 nitrogen and oxygen atoms in total. The first-order valence-electron chi connectivity index (χ1n) is 10.1. The number of pyridine rings is 1. The van der Waals surface area contributed by atoms with Crippen LogP contribution in [0.1, 0.15) is 41.0 Å². The lowest BCUT2D eigenvalue weighted by molar-refractivity contribution is 0.302. The van der Waals surface area contributed by atoms with Crippen LogP contribution in [0.4, 0.5) is 5.82 Å². The molecule has 0 saturated carbocycles. The summed E-state index contributed by atoms with van der Waals surface area (Å²) < 4.78 is 2.17. The first-order valence-corrected chi connectivity index (χ1v) is 11.0.